The van der Waals surface area contributed by atoms with Gasteiger partial charge in [0.05, 0.1) is 6.04 Å². The first kappa shape index (κ1) is 15.7. The first-order chi connectivity index (χ1) is 7.79. The van der Waals surface area contributed by atoms with Gasteiger partial charge in [0, 0.05) is 6.54 Å². The molecule has 2 atom stereocenters. The van der Waals surface area contributed by atoms with Crippen LogP contribution in [0.15, 0.2) is 0 Å². The molecule has 2 rings (SSSR count). The van der Waals surface area contributed by atoms with Gasteiger partial charge in [-0.3, -0.25) is 4.79 Å². The van der Waals surface area contributed by atoms with Crippen molar-refractivity contribution in [2.24, 2.45) is 5.73 Å². The summed E-state index contributed by atoms with van der Waals surface area (Å²) in [7, 11) is -5.00. The van der Waals surface area contributed by atoms with Crippen molar-refractivity contribution in [1.82, 2.24) is 9.96 Å². The van der Waals surface area contributed by atoms with E-state index in [-0.39, 0.29) is 36.1 Å². The molecule has 9 nitrogen and oxygen atoms in total. The predicted octanol–water partition coefficient (Wildman–Crippen LogP) is -4.86. The van der Waals surface area contributed by atoms with Crippen LogP contribution in [0.5, 0.6) is 0 Å². The van der Waals surface area contributed by atoms with Gasteiger partial charge in [-0.25, -0.2) is 13.2 Å². The van der Waals surface area contributed by atoms with Crippen molar-refractivity contribution in [2.75, 3.05) is 6.54 Å². The number of rotatable bonds is 3. The Kier molecular flexibility index (Phi) is 4.62. The predicted molar refractivity (Wildman–Crippen MR) is 50.7 cm³/mol. The molecule has 0 aromatic carbocycles. The summed E-state index contributed by atoms with van der Waals surface area (Å²) >= 11 is 0. The number of piperidine rings is 1. The molecule has 2 N–H and O–H groups in total. The van der Waals surface area contributed by atoms with Gasteiger partial charge in [-0.2, -0.15) is 9.35 Å². The Morgan fingerprint density at radius 3 is 2.56 bits per heavy atom. The van der Waals surface area contributed by atoms with Gasteiger partial charge in [0.1, 0.15) is 6.04 Å². The van der Waals surface area contributed by atoms with Crippen LogP contribution in [0.25, 0.3) is 0 Å². The van der Waals surface area contributed by atoms with E-state index in [4.69, 9.17) is 5.73 Å². The second-order valence-electron chi connectivity index (χ2n) is 3.89. The minimum atomic E-state index is -5.00. The number of fused-ring (bicyclic) bond motifs is 2. The Morgan fingerprint density at radius 2 is 2.06 bits per heavy atom. The largest absolute Gasteiger partial charge is 1.00 e. The molecule has 96 valence electrons. The van der Waals surface area contributed by atoms with Crippen molar-refractivity contribution < 1.29 is 56.4 Å². The Morgan fingerprint density at radius 1 is 1.44 bits per heavy atom. The summed E-state index contributed by atoms with van der Waals surface area (Å²) in [6, 6.07) is -2.14. The van der Waals surface area contributed by atoms with Gasteiger partial charge < -0.3 is 15.2 Å². The summed E-state index contributed by atoms with van der Waals surface area (Å²) in [4.78, 5) is 23.9. The van der Waals surface area contributed by atoms with E-state index in [1.54, 1.807) is 0 Å². The molecule has 2 bridgehead atoms. The second-order valence-corrected chi connectivity index (χ2v) is 4.86. The molecule has 2 fully saturated rings. The number of hydrogen-bond acceptors (Lipinski definition) is 6. The Bertz CT molecular complexity index is 468. The topological polar surface area (TPSA) is 133 Å². The zero-order chi connectivity index (χ0) is 12.8. The third kappa shape index (κ3) is 2.95. The number of carbonyl (C=O) groups is 2. The molecule has 11 heteroatoms. The number of hydrogen-bond donors (Lipinski definition) is 1. The van der Waals surface area contributed by atoms with Gasteiger partial charge in [-0.05, 0) is 12.8 Å². The minimum absolute atomic E-state index is 0. The molecular weight excluding hydrogens is 277 g/mol. The summed E-state index contributed by atoms with van der Waals surface area (Å²) in [6.07, 6.45) is 0.676. The van der Waals surface area contributed by atoms with Crippen LogP contribution in [0.2, 0.25) is 0 Å². The Labute approximate surface area is 125 Å². The van der Waals surface area contributed by atoms with E-state index >= 15 is 0 Å². The number of nitrogens with zero attached hydrogens (tertiary/aromatic N) is 2. The first-order valence-electron chi connectivity index (χ1n) is 4.84. The molecule has 2 heterocycles. The summed E-state index contributed by atoms with van der Waals surface area (Å²) in [5, 5.41) is 0.505. The fraction of sp³-hybridized carbons (Fsp3) is 0.714. The maximum Gasteiger partial charge on any atom is 1.00 e. The minimum Gasteiger partial charge on any atom is -0.724 e. The number of amides is 3. The van der Waals surface area contributed by atoms with Gasteiger partial charge in [0.25, 0.3) is 0 Å². The van der Waals surface area contributed by atoms with Gasteiger partial charge in [-0.1, -0.05) is 0 Å². The van der Waals surface area contributed by atoms with Crippen LogP contribution in [-0.4, -0.2) is 53.5 Å². The quantitative estimate of drug-likeness (QED) is 0.314. The van der Waals surface area contributed by atoms with E-state index in [1.807, 2.05) is 0 Å². The van der Waals surface area contributed by atoms with Crippen LogP contribution in [0.4, 0.5) is 4.79 Å². The zero-order valence-electron chi connectivity index (χ0n) is 9.61. The van der Waals surface area contributed by atoms with E-state index in [0.717, 1.165) is 4.90 Å². The first-order valence-corrected chi connectivity index (χ1v) is 6.17. The van der Waals surface area contributed by atoms with Crippen LogP contribution >= 0.6 is 0 Å². The average Bonchev–Trinajstić information content (AvgIpc) is 2.42. The van der Waals surface area contributed by atoms with Gasteiger partial charge >= 0.3 is 35.6 Å². The molecule has 0 saturated carbocycles. The fourth-order valence-electron chi connectivity index (χ4n) is 2.12. The number of hydroxylamine groups is 2. The molecule has 18 heavy (non-hydrogen) atoms. The van der Waals surface area contributed by atoms with Gasteiger partial charge in [-0.15, -0.1) is 0 Å². The summed E-state index contributed by atoms with van der Waals surface area (Å²) in [5.41, 5.74) is 5.11. The van der Waals surface area contributed by atoms with Gasteiger partial charge in [0.15, 0.2) is 0 Å². The molecule has 0 unspecified atom stereocenters. The van der Waals surface area contributed by atoms with Gasteiger partial charge in [0.2, 0.25) is 16.3 Å². The molecule has 0 aliphatic carbocycles. The van der Waals surface area contributed by atoms with Crippen molar-refractivity contribution in [2.45, 2.75) is 24.9 Å². The van der Waals surface area contributed by atoms with E-state index < -0.39 is 34.4 Å². The van der Waals surface area contributed by atoms with Crippen LogP contribution in [0.3, 0.4) is 0 Å². The monoisotopic (exact) mass is 287 g/mol. The average molecular weight is 287 g/mol. The van der Waals surface area contributed by atoms with Crippen molar-refractivity contribution in [3.63, 3.8) is 0 Å². The van der Waals surface area contributed by atoms with Crippen molar-refractivity contribution in [3.05, 3.63) is 0 Å². The van der Waals surface area contributed by atoms with E-state index in [1.165, 1.54) is 0 Å². The molecule has 0 aromatic heterocycles. The molecular formula is C7H10N3NaO6S. The van der Waals surface area contributed by atoms with E-state index in [0.29, 0.717) is 17.9 Å². The molecule has 2 saturated heterocycles. The van der Waals surface area contributed by atoms with E-state index in [2.05, 4.69) is 4.28 Å². The number of carbonyl (C=O) groups excluding carboxylic acids is 2. The Balaban J connectivity index is 0.00000162. The molecule has 2 aliphatic rings. The molecule has 0 radical (unpaired) electrons. The molecule has 2 aliphatic heterocycles. The number of nitrogens with two attached hydrogens (primary N) is 1. The van der Waals surface area contributed by atoms with Crippen LogP contribution in [-0.2, 0) is 19.5 Å². The summed E-state index contributed by atoms with van der Waals surface area (Å²) < 4.78 is 35.4. The number of urea groups is 1. The van der Waals surface area contributed by atoms with Crippen molar-refractivity contribution >= 4 is 22.3 Å². The van der Waals surface area contributed by atoms with E-state index in [9.17, 15) is 22.6 Å². The summed E-state index contributed by atoms with van der Waals surface area (Å²) in [6.45, 7) is 0.127. The third-order valence-corrected chi connectivity index (χ3v) is 3.17. The second kappa shape index (κ2) is 5.31. The smallest absolute Gasteiger partial charge is 0.724 e. The maximum atomic E-state index is 11.7. The van der Waals surface area contributed by atoms with Crippen LogP contribution in [0.1, 0.15) is 12.8 Å². The van der Waals surface area contributed by atoms with Crippen LogP contribution in [0, 0.1) is 0 Å². The SMILES string of the molecule is NC(=O)[C@H]1CC[C@@H]2CN1C(=O)N2OS(=O)(=O)[O-].[Na+]. The van der Waals surface area contributed by atoms with Crippen LogP contribution < -0.4 is 35.3 Å². The molecule has 0 aromatic rings. The third-order valence-electron chi connectivity index (χ3n) is 2.82. The normalized spacial score (nSPS) is 27.1. The molecule has 3 amide bonds. The maximum absolute atomic E-state index is 11.7. The zero-order valence-corrected chi connectivity index (χ0v) is 12.4. The number of primary amides is 1. The van der Waals surface area contributed by atoms with Crippen molar-refractivity contribution in [3.8, 4) is 0 Å². The molecule has 0 spiro atoms. The fourth-order valence-corrected chi connectivity index (χ4v) is 2.51. The summed E-state index contributed by atoms with van der Waals surface area (Å²) in [5.74, 6) is -0.663. The van der Waals surface area contributed by atoms with Crippen molar-refractivity contribution in [1.29, 1.82) is 0 Å². The standard InChI is InChI=1S/C7H11N3O6S.Na/c8-6(11)5-2-1-4-3-9(5)7(12)10(4)16-17(13,14)15;/h4-5H,1-3H2,(H2,8,11)(H,13,14,15);/q;+1/p-1/t4-,5-;/m1./s1. The Hall–Kier alpha value is -0.390.